The molecule has 0 radical (unpaired) electrons. The van der Waals surface area contributed by atoms with Gasteiger partial charge < -0.3 is 20.4 Å². The highest BCUT2D eigenvalue weighted by molar-refractivity contribution is 6.06. The van der Waals surface area contributed by atoms with Gasteiger partial charge in [0.15, 0.2) is 0 Å². The molecule has 0 unspecified atom stereocenters. The van der Waals surface area contributed by atoms with Crippen LogP contribution in [-0.2, 0) is 16.6 Å². The van der Waals surface area contributed by atoms with Crippen molar-refractivity contribution in [1.29, 1.82) is 0 Å². The molecule has 4 aromatic rings. The average Bonchev–Trinajstić information content (AvgIpc) is 3.52. The third-order valence-corrected chi connectivity index (χ3v) is 6.69. The summed E-state index contributed by atoms with van der Waals surface area (Å²) in [6.07, 6.45) is 8.84. The first-order valence-corrected chi connectivity index (χ1v) is 12.7. The van der Waals surface area contributed by atoms with Gasteiger partial charge in [-0.05, 0) is 50.9 Å². The summed E-state index contributed by atoms with van der Waals surface area (Å²) in [7, 11) is 3.81. The lowest BCUT2D eigenvalue weighted by Gasteiger charge is -2.26. The van der Waals surface area contributed by atoms with Crippen LogP contribution in [0.25, 0.3) is 22.3 Å². The van der Waals surface area contributed by atoms with Crippen LogP contribution in [0.3, 0.4) is 0 Å². The Labute approximate surface area is 220 Å². The third kappa shape index (κ3) is 6.06. The molecule has 0 saturated carbocycles. The van der Waals surface area contributed by atoms with Crippen molar-refractivity contribution >= 4 is 34.2 Å². The molecule has 4 aromatic heterocycles. The third-order valence-electron chi connectivity index (χ3n) is 6.69. The van der Waals surface area contributed by atoms with Gasteiger partial charge in [-0.15, -0.1) is 0 Å². The van der Waals surface area contributed by atoms with Gasteiger partial charge in [0.05, 0.1) is 47.3 Å². The van der Waals surface area contributed by atoms with Crippen molar-refractivity contribution in [3.05, 3.63) is 54.2 Å². The van der Waals surface area contributed by atoms with Gasteiger partial charge in [0, 0.05) is 50.1 Å². The fourth-order valence-electron chi connectivity index (χ4n) is 4.66. The summed E-state index contributed by atoms with van der Waals surface area (Å²) in [5, 5.41) is 10.8. The van der Waals surface area contributed by atoms with Gasteiger partial charge in [0.2, 0.25) is 5.91 Å². The maximum Gasteiger partial charge on any atom is 0.257 e. The van der Waals surface area contributed by atoms with Crippen LogP contribution in [-0.4, -0.2) is 74.8 Å². The first kappa shape index (κ1) is 25.6. The second kappa shape index (κ2) is 11.1. The molecular formula is C27H32N8O3. The van der Waals surface area contributed by atoms with E-state index in [4.69, 9.17) is 4.74 Å². The number of aromatic nitrogens is 5. The maximum atomic E-state index is 13.1. The Morgan fingerprint density at radius 1 is 1.13 bits per heavy atom. The minimum absolute atomic E-state index is 0.131. The van der Waals surface area contributed by atoms with E-state index in [1.54, 1.807) is 36.1 Å². The van der Waals surface area contributed by atoms with Crippen LogP contribution in [0.15, 0.2) is 43.0 Å². The minimum atomic E-state index is -0.312. The average molecular weight is 517 g/mol. The largest absolute Gasteiger partial charge is 0.381 e. The van der Waals surface area contributed by atoms with Gasteiger partial charge in [-0.25, -0.2) is 4.98 Å². The molecule has 5 rings (SSSR count). The van der Waals surface area contributed by atoms with Crippen LogP contribution in [0.1, 0.15) is 28.9 Å². The van der Waals surface area contributed by atoms with Gasteiger partial charge in [-0.3, -0.25) is 24.2 Å². The molecule has 1 aliphatic rings. The van der Waals surface area contributed by atoms with Crippen molar-refractivity contribution in [2.75, 3.05) is 44.0 Å². The summed E-state index contributed by atoms with van der Waals surface area (Å²) in [5.74, 6) is 0.105. The smallest absolute Gasteiger partial charge is 0.257 e. The highest BCUT2D eigenvalue weighted by Crippen LogP contribution is 2.24. The molecule has 1 aliphatic heterocycles. The minimum Gasteiger partial charge on any atom is -0.381 e. The van der Waals surface area contributed by atoms with Crippen molar-refractivity contribution in [1.82, 2.24) is 29.6 Å². The Morgan fingerprint density at radius 3 is 2.71 bits per heavy atom. The summed E-state index contributed by atoms with van der Waals surface area (Å²) >= 11 is 0. The molecule has 38 heavy (non-hydrogen) atoms. The van der Waals surface area contributed by atoms with Gasteiger partial charge >= 0.3 is 0 Å². The zero-order valence-electron chi connectivity index (χ0n) is 21.8. The number of pyridine rings is 2. The normalized spacial score (nSPS) is 14.2. The molecule has 0 spiro atoms. The van der Waals surface area contributed by atoms with Crippen LogP contribution in [0.4, 0.5) is 11.4 Å². The number of nitrogens with zero attached hydrogens (tertiary/aromatic N) is 5. The van der Waals surface area contributed by atoms with Crippen molar-refractivity contribution in [3.63, 3.8) is 0 Å². The highest BCUT2D eigenvalue weighted by atomic mass is 16.5. The van der Waals surface area contributed by atoms with Gasteiger partial charge in [-0.1, -0.05) is 0 Å². The molecule has 0 bridgehead atoms. The summed E-state index contributed by atoms with van der Waals surface area (Å²) in [4.78, 5) is 39.7. The van der Waals surface area contributed by atoms with Gasteiger partial charge in [0.1, 0.15) is 5.65 Å². The number of aromatic amines is 1. The molecule has 5 heterocycles. The lowest BCUT2D eigenvalue weighted by atomic mass is 10.00. The van der Waals surface area contributed by atoms with E-state index in [1.165, 1.54) is 6.20 Å². The summed E-state index contributed by atoms with van der Waals surface area (Å²) in [6.45, 7) is 4.51. The van der Waals surface area contributed by atoms with E-state index in [2.05, 4.69) is 30.7 Å². The monoisotopic (exact) mass is 516 g/mol. The molecular weight excluding hydrogens is 484 g/mol. The van der Waals surface area contributed by atoms with E-state index in [0.29, 0.717) is 34.2 Å². The van der Waals surface area contributed by atoms with Gasteiger partial charge in [-0.2, -0.15) is 5.10 Å². The first-order valence-electron chi connectivity index (χ1n) is 12.7. The standard InChI is InChI=1S/C27H32N8O3/c1-17-23(10-22(13-28-17)31-25(36)16-34(2)14-18-4-6-38-7-5-18)33-27(37)20-8-19-9-24(32-26(19)29-11-20)21-12-30-35(3)15-21/h8-13,15,18H,4-7,14,16H2,1-3H3,(H,29,32)(H,31,36)(H,33,37). The van der Waals surface area contributed by atoms with Crippen LogP contribution in [0.5, 0.6) is 0 Å². The second-order valence-electron chi connectivity index (χ2n) is 9.86. The molecule has 11 nitrogen and oxygen atoms in total. The molecule has 0 aromatic carbocycles. The fourth-order valence-corrected chi connectivity index (χ4v) is 4.66. The Morgan fingerprint density at radius 2 is 1.95 bits per heavy atom. The number of likely N-dealkylation sites (N-methyl/N-ethyl adjacent to an activating group) is 1. The van der Waals surface area contributed by atoms with Crippen LogP contribution in [0.2, 0.25) is 0 Å². The number of anilines is 2. The van der Waals surface area contributed by atoms with E-state index in [0.717, 1.165) is 49.2 Å². The molecule has 2 amide bonds. The number of H-pyrrole nitrogens is 1. The van der Waals surface area contributed by atoms with Crippen molar-refractivity contribution < 1.29 is 14.3 Å². The number of amides is 2. The second-order valence-corrected chi connectivity index (χ2v) is 9.86. The Hall–Kier alpha value is -4.09. The Balaban J connectivity index is 1.22. The lowest BCUT2D eigenvalue weighted by molar-refractivity contribution is -0.117. The summed E-state index contributed by atoms with van der Waals surface area (Å²) in [6, 6.07) is 5.45. The molecule has 11 heteroatoms. The Kier molecular flexibility index (Phi) is 7.47. The topological polar surface area (TPSA) is 130 Å². The Bertz CT molecular complexity index is 1450. The molecule has 1 saturated heterocycles. The number of rotatable bonds is 8. The van der Waals surface area contributed by atoms with Crippen molar-refractivity contribution in [2.45, 2.75) is 19.8 Å². The van der Waals surface area contributed by atoms with E-state index in [1.807, 2.05) is 31.3 Å². The number of fused-ring (bicyclic) bond motifs is 1. The predicted octanol–water partition coefficient (Wildman–Crippen LogP) is 3.22. The number of hydrogen-bond acceptors (Lipinski definition) is 7. The quantitative estimate of drug-likeness (QED) is 0.328. The fraction of sp³-hybridized carbons (Fsp3) is 0.370. The number of aryl methyl sites for hydroxylation is 2. The van der Waals surface area contributed by atoms with E-state index >= 15 is 0 Å². The van der Waals surface area contributed by atoms with Crippen LogP contribution in [0, 0.1) is 12.8 Å². The SMILES string of the molecule is Cc1ncc(NC(=O)CN(C)CC2CCOCC2)cc1NC(=O)c1cnc2[nH]c(-c3cnn(C)c3)cc2c1. The zero-order chi connectivity index (χ0) is 26.6. The van der Waals surface area contributed by atoms with Crippen molar-refractivity contribution in [3.8, 4) is 11.3 Å². The van der Waals surface area contributed by atoms with E-state index < -0.39 is 0 Å². The van der Waals surface area contributed by atoms with Gasteiger partial charge in [0.25, 0.3) is 5.91 Å². The lowest BCUT2D eigenvalue weighted by Crippen LogP contribution is -2.35. The predicted molar refractivity (Wildman–Crippen MR) is 145 cm³/mol. The molecule has 3 N–H and O–H groups in total. The highest BCUT2D eigenvalue weighted by Gasteiger charge is 2.18. The maximum absolute atomic E-state index is 13.1. The number of hydrogen-bond donors (Lipinski definition) is 3. The zero-order valence-corrected chi connectivity index (χ0v) is 21.8. The first-order chi connectivity index (χ1) is 18.3. The summed E-state index contributed by atoms with van der Waals surface area (Å²) in [5.41, 5.74) is 4.60. The molecule has 1 fully saturated rings. The summed E-state index contributed by atoms with van der Waals surface area (Å²) < 4.78 is 7.14. The molecule has 0 atom stereocenters. The van der Waals surface area contributed by atoms with E-state index in [-0.39, 0.29) is 18.4 Å². The number of carbonyl (C=O) groups excluding carboxylic acids is 2. The number of carbonyl (C=O) groups is 2. The number of nitrogens with one attached hydrogen (secondary N) is 3. The van der Waals surface area contributed by atoms with Crippen molar-refractivity contribution in [2.24, 2.45) is 13.0 Å². The van der Waals surface area contributed by atoms with Crippen LogP contribution < -0.4 is 10.6 Å². The molecule has 198 valence electrons. The van der Waals surface area contributed by atoms with E-state index in [9.17, 15) is 9.59 Å². The number of ether oxygens (including phenoxy) is 1. The van der Waals surface area contributed by atoms with Crippen LogP contribution >= 0.6 is 0 Å². The molecule has 0 aliphatic carbocycles.